The van der Waals surface area contributed by atoms with Gasteiger partial charge in [-0.1, -0.05) is 154 Å². The first kappa shape index (κ1) is 32.9. The maximum absolute atomic E-state index is 7.00. The summed E-state index contributed by atoms with van der Waals surface area (Å²) in [4.78, 5) is 5.27. The Labute approximate surface area is 333 Å². The summed E-state index contributed by atoms with van der Waals surface area (Å²) in [6.07, 6.45) is 29.0. The van der Waals surface area contributed by atoms with E-state index >= 15 is 0 Å². The molecule has 0 saturated heterocycles. The minimum Gasteiger partial charge on any atom is -0.455 e. The normalized spacial score (nSPS) is 24.1. The van der Waals surface area contributed by atoms with Crippen LogP contribution in [0.4, 0.5) is 17.1 Å². The zero-order chi connectivity index (χ0) is 38.0. The van der Waals surface area contributed by atoms with Crippen LogP contribution in [0.2, 0.25) is 0 Å². The van der Waals surface area contributed by atoms with E-state index in [1.54, 1.807) is 0 Å². The lowest BCUT2D eigenvalue weighted by Gasteiger charge is -2.36. The molecule has 5 aromatic carbocycles. The highest BCUT2D eigenvalue weighted by Gasteiger charge is 2.42. The zero-order valence-corrected chi connectivity index (χ0v) is 32.6. The molecule has 5 atom stereocenters. The molecule has 0 radical (unpaired) electrons. The molecule has 2 heterocycles. The van der Waals surface area contributed by atoms with Gasteiger partial charge in [-0.15, -0.1) is 0 Å². The van der Waals surface area contributed by atoms with Crippen molar-refractivity contribution in [2.24, 2.45) is 11.8 Å². The van der Waals surface area contributed by atoms with E-state index in [2.05, 4.69) is 201 Å². The van der Waals surface area contributed by atoms with Crippen molar-refractivity contribution in [3.8, 4) is 11.1 Å². The molecule has 0 amide bonds. The molecule has 6 aliphatic rings. The quantitative estimate of drug-likeness (QED) is 0.180. The van der Waals surface area contributed by atoms with Crippen LogP contribution >= 0.6 is 0 Å². The lowest BCUT2D eigenvalue weighted by atomic mass is 9.79. The first-order valence-electron chi connectivity index (χ1n) is 20.7. The van der Waals surface area contributed by atoms with Crippen LogP contribution in [0.25, 0.3) is 45.2 Å². The van der Waals surface area contributed by atoms with E-state index in [0.717, 1.165) is 23.0 Å². The molecule has 1 aliphatic heterocycles. The third-order valence-corrected chi connectivity index (χ3v) is 13.8. The second-order valence-electron chi connectivity index (χ2n) is 17.2. The summed E-state index contributed by atoms with van der Waals surface area (Å²) in [7, 11) is 0. The van der Waals surface area contributed by atoms with Crippen LogP contribution in [0.1, 0.15) is 49.8 Å². The molecule has 0 saturated carbocycles. The third-order valence-electron chi connectivity index (χ3n) is 13.8. The average Bonchev–Trinajstić information content (AvgIpc) is 3.87. The van der Waals surface area contributed by atoms with Gasteiger partial charge in [-0.25, -0.2) is 0 Å². The SMILES string of the molecule is CC1C=CC(N2c3ccc(N(c4cc5c(c6oc7ccccc7c46)-c4ccccc4C5(C)C)C4C=c5ccccc5=CC4)cc3C3C=CC=CC32)=C2C=CC=CC21. The van der Waals surface area contributed by atoms with Gasteiger partial charge in [0.15, 0.2) is 0 Å². The van der Waals surface area contributed by atoms with Gasteiger partial charge < -0.3 is 14.2 Å². The fraction of sp³-hybridized carbons (Fsp3) is 0.185. The molecule has 276 valence electrons. The number of para-hydroxylation sites is 1. The van der Waals surface area contributed by atoms with Gasteiger partial charge in [0, 0.05) is 45.3 Å². The Balaban J connectivity index is 1.11. The van der Waals surface area contributed by atoms with Crippen molar-refractivity contribution in [3.63, 3.8) is 0 Å². The zero-order valence-electron chi connectivity index (χ0n) is 32.6. The van der Waals surface area contributed by atoms with Crippen LogP contribution < -0.4 is 20.2 Å². The van der Waals surface area contributed by atoms with E-state index < -0.39 is 0 Å². The number of nitrogens with zero attached hydrogens (tertiary/aromatic N) is 2. The maximum atomic E-state index is 7.00. The second-order valence-corrected chi connectivity index (χ2v) is 17.2. The minimum absolute atomic E-state index is 0.0856. The predicted molar refractivity (Wildman–Crippen MR) is 237 cm³/mol. The molecule has 57 heavy (non-hydrogen) atoms. The van der Waals surface area contributed by atoms with Crippen molar-refractivity contribution >= 4 is 51.2 Å². The van der Waals surface area contributed by atoms with Crippen molar-refractivity contribution in [3.05, 3.63) is 196 Å². The van der Waals surface area contributed by atoms with Crippen LogP contribution in [0.15, 0.2) is 174 Å². The van der Waals surface area contributed by atoms with E-state index in [9.17, 15) is 0 Å². The van der Waals surface area contributed by atoms with Crippen LogP contribution in [0, 0.1) is 11.8 Å². The van der Waals surface area contributed by atoms with Crippen molar-refractivity contribution in [2.75, 3.05) is 9.80 Å². The monoisotopic (exact) mass is 736 g/mol. The van der Waals surface area contributed by atoms with Gasteiger partial charge >= 0.3 is 0 Å². The van der Waals surface area contributed by atoms with Gasteiger partial charge in [0.2, 0.25) is 0 Å². The molecule has 0 fully saturated rings. The average molecular weight is 737 g/mol. The number of fused-ring (bicyclic) bond motifs is 12. The summed E-state index contributed by atoms with van der Waals surface area (Å²) < 4.78 is 7.00. The molecule has 5 aliphatic carbocycles. The number of hydrogen-bond donors (Lipinski definition) is 0. The van der Waals surface area contributed by atoms with Gasteiger partial charge in [0.25, 0.3) is 0 Å². The molecule has 12 rings (SSSR count). The lowest BCUT2D eigenvalue weighted by molar-refractivity contribution is 0.570. The Hall–Kier alpha value is -6.32. The topological polar surface area (TPSA) is 19.6 Å². The Morgan fingerprint density at radius 1 is 0.737 bits per heavy atom. The number of allylic oxidation sites excluding steroid dienone is 9. The molecular formula is C54H44N2O. The van der Waals surface area contributed by atoms with Crippen molar-refractivity contribution in [1.82, 2.24) is 0 Å². The Bertz CT molecular complexity index is 3030. The number of furan rings is 1. The lowest BCUT2D eigenvalue weighted by Crippen LogP contribution is -2.38. The van der Waals surface area contributed by atoms with Crippen LogP contribution in [-0.2, 0) is 5.41 Å². The van der Waals surface area contributed by atoms with Gasteiger partial charge in [-0.05, 0) is 87.0 Å². The fourth-order valence-electron chi connectivity index (χ4n) is 11.0. The Morgan fingerprint density at radius 3 is 2.46 bits per heavy atom. The summed E-state index contributed by atoms with van der Waals surface area (Å²) in [5.41, 5.74) is 14.7. The largest absolute Gasteiger partial charge is 0.455 e. The van der Waals surface area contributed by atoms with E-state index in [4.69, 9.17) is 4.42 Å². The third kappa shape index (κ3) is 4.66. The number of anilines is 3. The van der Waals surface area contributed by atoms with Gasteiger partial charge in [-0.3, -0.25) is 0 Å². The van der Waals surface area contributed by atoms with Gasteiger partial charge in [-0.2, -0.15) is 0 Å². The predicted octanol–water partition coefficient (Wildman–Crippen LogP) is 11.7. The highest BCUT2D eigenvalue weighted by Crippen LogP contribution is 2.57. The molecule has 0 bridgehead atoms. The number of benzene rings is 5. The smallest absolute Gasteiger partial charge is 0.145 e. The standard InChI is InChI=1S/C54H44N2O/c1-33-24-28-47(39-17-7-6-16-38(33)39)56-46-22-12-9-18-40(46)43-31-37(27-29-48(43)56)55(36-26-25-34-14-4-5-15-35(34)30-36)49-32-45-51(41-19-8-11-21-44(41)54(45,2)3)53-52(49)42-20-10-13-23-50(42)57-53/h4-25,27-33,36,38,40,46H,26H2,1-3H3. The van der Waals surface area contributed by atoms with Crippen LogP contribution in [0.3, 0.4) is 0 Å². The van der Waals surface area contributed by atoms with Crippen molar-refractivity contribution < 1.29 is 4.42 Å². The number of hydrogen-bond acceptors (Lipinski definition) is 3. The summed E-state index contributed by atoms with van der Waals surface area (Å²) in [5.74, 6) is 1.09. The summed E-state index contributed by atoms with van der Waals surface area (Å²) in [6, 6.07) is 36.5. The molecule has 3 heteroatoms. The van der Waals surface area contributed by atoms with E-state index in [0.29, 0.717) is 11.8 Å². The maximum Gasteiger partial charge on any atom is 0.145 e. The first-order valence-corrected chi connectivity index (χ1v) is 20.7. The molecule has 0 N–H and O–H groups in total. The van der Waals surface area contributed by atoms with Crippen LogP contribution in [-0.4, -0.2) is 12.1 Å². The Kier molecular flexibility index (Phi) is 6.97. The summed E-state index contributed by atoms with van der Waals surface area (Å²) in [6.45, 7) is 7.09. The van der Waals surface area contributed by atoms with E-state index in [1.807, 2.05) is 0 Å². The number of rotatable bonds is 4. The highest BCUT2D eigenvalue weighted by atomic mass is 16.3. The van der Waals surface area contributed by atoms with Crippen molar-refractivity contribution in [2.45, 2.75) is 50.6 Å². The van der Waals surface area contributed by atoms with Gasteiger partial charge in [0.05, 0.1) is 23.2 Å². The van der Waals surface area contributed by atoms with E-state index in [1.165, 1.54) is 72.0 Å². The Morgan fingerprint density at radius 2 is 1.53 bits per heavy atom. The van der Waals surface area contributed by atoms with Gasteiger partial charge in [0.1, 0.15) is 11.2 Å². The first-order chi connectivity index (χ1) is 28.0. The summed E-state index contributed by atoms with van der Waals surface area (Å²) in [5, 5.41) is 4.92. The molecular weight excluding hydrogens is 693 g/mol. The summed E-state index contributed by atoms with van der Waals surface area (Å²) >= 11 is 0. The highest BCUT2D eigenvalue weighted by molar-refractivity contribution is 6.18. The molecule has 3 nitrogen and oxygen atoms in total. The molecule has 6 aromatic rings. The molecule has 0 spiro atoms. The van der Waals surface area contributed by atoms with Crippen molar-refractivity contribution in [1.29, 1.82) is 0 Å². The second kappa shape index (κ2) is 12.1. The fourth-order valence-corrected chi connectivity index (χ4v) is 11.0. The minimum atomic E-state index is -0.195. The van der Waals surface area contributed by atoms with Crippen LogP contribution in [0.5, 0.6) is 0 Å². The molecule has 1 aromatic heterocycles. The molecule has 5 unspecified atom stereocenters. The van der Waals surface area contributed by atoms with E-state index in [-0.39, 0.29) is 23.4 Å².